The molecule has 5 nitrogen and oxygen atoms in total. The van der Waals surface area contributed by atoms with Gasteiger partial charge in [0, 0.05) is 17.7 Å². The molecule has 0 radical (unpaired) electrons. The molecule has 1 unspecified atom stereocenters. The van der Waals surface area contributed by atoms with Gasteiger partial charge in [-0.3, -0.25) is 0 Å². The van der Waals surface area contributed by atoms with E-state index in [1.807, 2.05) is 36.5 Å². The molecular weight excluding hydrogens is 325 g/mol. The standard InChI is InChI=1S/C16H24N3O2PSi/c1-16(20)10-11-22(21,13-8-6-5-7-9-13)15(16)19-12-14(17-18-19)23(2,3)4/h5-9,12,15,20H,10-11H2,1-4H3/t15-,16-,22?/m1/s1. The van der Waals surface area contributed by atoms with Gasteiger partial charge in [0.25, 0.3) is 0 Å². The van der Waals surface area contributed by atoms with Crippen LogP contribution >= 0.6 is 7.14 Å². The van der Waals surface area contributed by atoms with Crippen molar-refractivity contribution < 1.29 is 9.67 Å². The number of hydrogen-bond acceptors (Lipinski definition) is 4. The molecule has 23 heavy (non-hydrogen) atoms. The van der Waals surface area contributed by atoms with Crippen molar-refractivity contribution in [3.63, 3.8) is 0 Å². The summed E-state index contributed by atoms with van der Waals surface area (Å²) in [5.74, 6) is -0.546. The first-order valence-corrected chi connectivity index (χ1v) is 13.4. The van der Waals surface area contributed by atoms with Crippen LogP contribution in [0.25, 0.3) is 0 Å². The molecule has 0 aliphatic carbocycles. The number of rotatable bonds is 3. The fourth-order valence-corrected chi connectivity index (χ4v) is 7.89. The van der Waals surface area contributed by atoms with Gasteiger partial charge in [0.2, 0.25) is 0 Å². The second kappa shape index (κ2) is 5.40. The molecular formula is C16H24N3O2PSi. The molecule has 3 atom stereocenters. The van der Waals surface area contributed by atoms with Crippen LogP contribution in [0, 0.1) is 0 Å². The van der Waals surface area contributed by atoms with Crippen LogP contribution in [0.5, 0.6) is 0 Å². The molecule has 7 heteroatoms. The topological polar surface area (TPSA) is 68.0 Å². The number of benzene rings is 1. The third-order valence-corrected chi connectivity index (χ3v) is 10.0. The van der Waals surface area contributed by atoms with E-state index in [0.717, 1.165) is 10.6 Å². The predicted octanol–water partition coefficient (Wildman–Crippen LogP) is 2.17. The largest absolute Gasteiger partial charge is 0.387 e. The molecule has 1 aliphatic heterocycles. The van der Waals surface area contributed by atoms with Crippen LogP contribution in [0.4, 0.5) is 0 Å². The van der Waals surface area contributed by atoms with Gasteiger partial charge in [-0.25, -0.2) is 4.68 Å². The first kappa shape index (κ1) is 16.6. The van der Waals surface area contributed by atoms with Gasteiger partial charge in [0.05, 0.1) is 10.9 Å². The van der Waals surface area contributed by atoms with Gasteiger partial charge in [0.15, 0.2) is 0 Å². The zero-order valence-corrected chi connectivity index (χ0v) is 16.0. The van der Waals surface area contributed by atoms with Gasteiger partial charge in [-0.2, -0.15) is 0 Å². The highest BCUT2D eigenvalue weighted by atomic mass is 31.2. The Kier molecular flexibility index (Phi) is 3.90. The van der Waals surface area contributed by atoms with Crippen molar-refractivity contribution in [1.82, 2.24) is 15.0 Å². The van der Waals surface area contributed by atoms with Crippen molar-refractivity contribution in [2.45, 2.75) is 44.4 Å². The van der Waals surface area contributed by atoms with Crippen molar-refractivity contribution >= 4 is 25.8 Å². The maximum absolute atomic E-state index is 13.8. The second-order valence-electron chi connectivity index (χ2n) is 7.67. The van der Waals surface area contributed by atoms with Crippen molar-refractivity contribution in [3.05, 3.63) is 36.5 Å². The molecule has 1 aromatic heterocycles. The molecule has 1 N–H and O–H groups in total. The first-order valence-electron chi connectivity index (χ1n) is 7.94. The normalized spacial score (nSPS) is 31.4. The van der Waals surface area contributed by atoms with Crippen LogP contribution in [0.1, 0.15) is 19.1 Å². The van der Waals surface area contributed by atoms with E-state index in [-0.39, 0.29) is 0 Å². The van der Waals surface area contributed by atoms with E-state index in [9.17, 15) is 9.67 Å². The minimum absolute atomic E-state index is 0.497. The maximum Gasteiger partial charge on any atom is 0.142 e. The van der Waals surface area contributed by atoms with Gasteiger partial charge in [-0.15, -0.1) is 5.10 Å². The fourth-order valence-electron chi connectivity index (χ4n) is 3.26. The number of hydrogen-bond donors (Lipinski definition) is 1. The minimum atomic E-state index is -2.79. The molecule has 3 rings (SSSR count). The Bertz CT molecular complexity index is 752. The predicted molar refractivity (Wildman–Crippen MR) is 95.8 cm³/mol. The van der Waals surface area contributed by atoms with Crippen molar-refractivity contribution in [2.24, 2.45) is 0 Å². The van der Waals surface area contributed by atoms with E-state index >= 15 is 0 Å². The molecule has 124 valence electrons. The third-order valence-electron chi connectivity index (χ3n) is 4.62. The summed E-state index contributed by atoms with van der Waals surface area (Å²) in [7, 11) is -4.39. The van der Waals surface area contributed by atoms with E-state index in [2.05, 4.69) is 30.0 Å². The summed E-state index contributed by atoms with van der Waals surface area (Å²) < 4.78 is 15.4. The van der Waals surface area contributed by atoms with E-state index in [0.29, 0.717) is 12.6 Å². The summed E-state index contributed by atoms with van der Waals surface area (Å²) in [5, 5.41) is 21.2. The smallest absolute Gasteiger partial charge is 0.142 e. The summed E-state index contributed by atoms with van der Waals surface area (Å²) in [6.45, 7) is 8.36. The Morgan fingerprint density at radius 1 is 1.30 bits per heavy atom. The number of aromatic nitrogens is 3. The Hall–Kier alpha value is -1.23. The first-order chi connectivity index (χ1) is 10.6. The molecule has 2 heterocycles. The van der Waals surface area contributed by atoms with E-state index < -0.39 is 26.6 Å². The van der Waals surface area contributed by atoms with Crippen LogP contribution in [0.3, 0.4) is 0 Å². The molecule has 0 spiro atoms. The molecule has 1 aromatic carbocycles. The van der Waals surface area contributed by atoms with Crippen LogP contribution in [-0.2, 0) is 4.57 Å². The summed E-state index contributed by atoms with van der Waals surface area (Å²) in [4.78, 5) is 0. The van der Waals surface area contributed by atoms with Crippen LogP contribution in [0.15, 0.2) is 36.5 Å². The number of aliphatic hydroxyl groups is 1. The number of nitrogens with zero attached hydrogens (tertiary/aromatic N) is 3. The summed E-state index contributed by atoms with van der Waals surface area (Å²) >= 11 is 0. The van der Waals surface area contributed by atoms with Gasteiger partial charge >= 0.3 is 0 Å². The molecule has 1 aliphatic rings. The van der Waals surface area contributed by atoms with Gasteiger partial charge < -0.3 is 9.67 Å². The lowest BCUT2D eigenvalue weighted by Crippen LogP contribution is -2.39. The van der Waals surface area contributed by atoms with Crippen LogP contribution in [-0.4, -0.2) is 39.9 Å². The van der Waals surface area contributed by atoms with Gasteiger partial charge in [-0.05, 0) is 13.3 Å². The molecule has 1 fully saturated rings. The Balaban J connectivity index is 2.10. The van der Waals surface area contributed by atoms with Crippen LogP contribution in [0.2, 0.25) is 19.6 Å². The summed E-state index contributed by atoms with van der Waals surface area (Å²) in [5.41, 5.74) is -1.05. The van der Waals surface area contributed by atoms with Crippen molar-refractivity contribution in [3.8, 4) is 0 Å². The van der Waals surface area contributed by atoms with Crippen molar-refractivity contribution in [2.75, 3.05) is 6.16 Å². The van der Waals surface area contributed by atoms with Gasteiger partial charge in [0.1, 0.15) is 21.0 Å². The highest BCUT2D eigenvalue weighted by Crippen LogP contribution is 2.66. The Morgan fingerprint density at radius 3 is 2.52 bits per heavy atom. The lowest BCUT2D eigenvalue weighted by molar-refractivity contribution is 0.0372. The Labute approximate surface area is 138 Å². The molecule has 0 bridgehead atoms. The second-order valence-corrected chi connectivity index (χ2v) is 15.7. The average Bonchev–Trinajstić information content (AvgIpc) is 3.03. The third kappa shape index (κ3) is 2.84. The summed E-state index contributed by atoms with van der Waals surface area (Å²) in [6, 6.07) is 9.50. The average molecular weight is 349 g/mol. The fraction of sp³-hybridized carbons (Fsp3) is 0.500. The molecule has 0 saturated carbocycles. The zero-order valence-electron chi connectivity index (χ0n) is 14.1. The van der Waals surface area contributed by atoms with E-state index in [4.69, 9.17) is 0 Å². The Morgan fingerprint density at radius 2 is 1.96 bits per heavy atom. The van der Waals surface area contributed by atoms with Gasteiger partial charge in [-0.1, -0.05) is 55.2 Å². The molecule has 1 saturated heterocycles. The lowest BCUT2D eigenvalue weighted by atomic mass is 10.0. The zero-order chi connectivity index (χ0) is 16.9. The SMILES string of the molecule is C[C@@]1(O)CCP(=O)(c2ccccc2)[C@H]1n1cc([Si](C)(C)C)nn1. The monoisotopic (exact) mass is 349 g/mol. The quantitative estimate of drug-likeness (QED) is 0.681. The molecule has 0 amide bonds. The lowest BCUT2D eigenvalue weighted by Gasteiger charge is -2.29. The van der Waals surface area contributed by atoms with E-state index in [1.165, 1.54) is 0 Å². The van der Waals surface area contributed by atoms with Crippen molar-refractivity contribution in [1.29, 1.82) is 0 Å². The molecule has 2 aromatic rings. The van der Waals surface area contributed by atoms with Crippen LogP contribution < -0.4 is 10.6 Å². The highest BCUT2D eigenvalue weighted by molar-refractivity contribution is 7.72. The maximum atomic E-state index is 13.8. The highest BCUT2D eigenvalue weighted by Gasteiger charge is 2.54. The minimum Gasteiger partial charge on any atom is -0.387 e. The van der Waals surface area contributed by atoms with E-state index in [1.54, 1.807) is 11.6 Å². The summed E-state index contributed by atoms with van der Waals surface area (Å²) in [6.07, 6.45) is 2.90.